The van der Waals surface area contributed by atoms with Crippen molar-refractivity contribution in [2.24, 2.45) is 0 Å². The molecule has 0 bridgehead atoms. The van der Waals surface area contributed by atoms with Gasteiger partial charge in [0.2, 0.25) is 0 Å². The lowest BCUT2D eigenvalue weighted by Gasteiger charge is -2.37. The third-order valence-corrected chi connectivity index (χ3v) is 3.74. The van der Waals surface area contributed by atoms with Crippen molar-refractivity contribution in [1.29, 1.82) is 0 Å². The second-order valence-corrected chi connectivity index (χ2v) is 6.90. The van der Waals surface area contributed by atoms with E-state index < -0.39 is 5.60 Å². The fourth-order valence-corrected chi connectivity index (χ4v) is 2.68. The Morgan fingerprint density at radius 1 is 1.41 bits per heavy atom. The van der Waals surface area contributed by atoms with E-state index in [9.17, 15) is 4.79 Å². The van der Waals surface area contributed by atoms with Gasteiger partial charge in [-0.2, -0.15) is 0 Å². The Morgan fingerprint density at radius 3 is 2.73 bits per heavy atom. The molecule has 1 heterocycles. The summed E-state index contributed by atoms with van der Waals surface area (Å²) in [5, 5.41) is 12.5. The molecule has 2 unspecified atom stereocenters. The van der Waals surface area contributed by atoms with Crippen LogP contribution in [0.4, 0.5) is 4.79 Å². The van der Waals surface area contributed by atoms with E-state index in [2.05, 4.69) is 5.32 Å². The Kier molecular flexibility index (Phi) is 8.14. The molecule has 22 heavy (non-hydrogen) atoms. The van der Waals surface area contributed by atoms with E-state index in [1.165, 1.54) is 0 Å². The molecule has 0 aromatic rings. The SMILES string of the molecule is COCC(CCO)NCC1CCCCN1C(=O)OC(C)(C)C. The number of ether oxygens (including phenoxy) is 2. The Labute approximate surface area is 134 Å². The number of carbonyl (C=O) groups is 1. The zero-order valence-electron chi connectivity index (χ0n) is 14.4. The molecule has 0 aliphatic carbocycles. The summed E-state index contributed by atoms with van der Waals surface area (Å²) >= 11 is 0. The second kappa shape index (κ2) is 9.33. The predicted molar refractivity (Wildman–Crippen MR) is 85.9 cm³/mol. The maximum atomic E-state index is 12.3. The average Bonchev–Trinajstić information content (AvgIpc) is 2.44. The van der Waals surface area contributed by atoms with Crippen LogP contribution in [-0.2, 0) is 9.47 Å². The molecule has 1 aliphatic heterocycles. The summed E-state index contributed by atoms with van der Waals surface area (Å²) in [6, 6.07) is 0.249. The van der Waals surface area contributed by atoms with Gasteiger partial charge in [-0.15, -0.1) is 0 Å². The molecule has 1 rings (SSSR count). The molecule has 1 fully saturated rings. The van der Waals surface area contributed by atoms with Crippen LogP contribution in [0, 0.1) is 0 Å². The first-order valence-electron chi connectivity index (χ1n) is 8.20. The van der Waals surface area contributed by atoms with Gasteiger partial charge in [-0.05, 0) is 46.5 Å². The van der Waals surface area contributed by atoms with Crippen LogP contribution in [-0.4, -0.2) is 67.2 Å². The molecule has 0 saturated carbocycles. The molecule has 6 heteroatoms. The maximum absolute atomic E-state index is 12.3. The van der Waals surface area contributed by atoms with Crippen LogP contribution in [0.2, 0.25) is 0 Å². The fraction of sp³-hybridized carbons (Fsp3) is 0.938. The Balaban J connectivity index is 2.55. The molecule has 0 spiro atoms. The number of rotatable bonds is 7. The van der Waals surface area contributed by atoms with Gasteiger partial charge in [-0.1, -0.05) is 0 Å². The third-order valence-electron chi connectivity index (χ3n) is 3.74. The van der Waals surface area contributed by atoms with Crippen LogP contribution >= 0.6 is 0 Å². The highest BCUT2D eigenvalue weighted by atomic mass is 16.6. The lowest BCUT2D eigenvalue weighted by atomic mass is 10.0. The largest absolute Gasteiger partial charge is 0.444 e. The molecule has 0 aromatic heterocycles. The van der Waals surface area contributed by atoms with E-state index >= 15 is 0 Å². The number of piperidine rings is 1. The highest BCUT2D eigenvalue weighted by Crippen LogP contribution is 2.20. The summed E-state index contributed by atoms with van der Waals surface area (Å²) in [4.78, 5) is 14.2. The molecular weight excluding hydrogens is 284 g/mol. The van der Waals surface area contributed by atoms with Crippen molar-refractivity contribution in [3.63, 3.8) is 0 Å². The number of hydrogen-bond donors (Lipinski definition) is 2. The molecule has 1 saturated heterocycles. The van der Waals surface area contributed by atoms with E-state index in [-0.39, 0.29) is 24.8 Å². The number of nitrogens with one attached hydrogen (secondary N) is 1. The minimum absolute atomic E-state index is 0.109. The molecule has 130 valence electrons. The van der Waals surface area contributed by atoms with E-state index in [0.717, 1.165) is 25.8 Å². The van der Waals surface area contributed by atoms with Crippen molar-refractivity contribution in [2.45, 2.75) is 64.1 Å². The standard InChI is InChI=1S/C16H32N2O4/c1-16(2,3)22-15(20)18-9-6-5-7-14(18)11-17-13(8-10-19)12-21-4/h13-14,17,19H,5-12H2,1-4H3. The first-order valence-corrected chi connectivity index (χ1v) is 8.20. The van der Waals surface area contributed by atoms with E-state index in [0.29, 0.717) is 19.6 Å². The Morgan fingerprint density at radius 2 is 2.14 bits per heavy atom. The summed E-state index contributed by atoms with van der Waals surface area (Å²) in [5.41, 5.74) is -0.470. The summed E-state index contributed by atoms with van der Waals surface area (Å²) in [6.45, 7) is 7.79. The lowest BCUT2D eigenvalue weighted by molar-refractivity contribution is 0.00916. The smallest absolute Gasteiger partial charge is 0.410 e. The molecule has 2 N–H and O–H groups in total. The van der Waals surface area contributed by atoms with Gasteiger partial charge < -0.3 is 24.8 Å². The highest BCUT2D eigenvalue weighted by molar-refractivity contribution is 5.68. The van der Waals surface area contributed by atoms with Crippen LogP contribution in [0.1, 0.15) is 46.5 Å². The molecule has 1 aliphatic rings. The van der Waals surface area contributed by atoms with Gasteiger partial charge in [-0.3, -0.25) is 0 Å². The number of nitrogens with zero attached hydrogens (tertiary/aromatic N) is 1. The molecule has 0 aromatic carbocycles. The van der Waals surface area contributed by atoms with Gasteiger partial charge in [0, 0.05) is 38.9 Å². The van der Waals surface area contributed by atoms with Crippen molar-refractivity contribution in [2.75, 3.05) is 33.4 Å². The van der Waals surface area contributed by atoms with Crippen LogP contribution in [0.25, 0.3) is 0 Å². The Hall–Kier alpha value is -0.850. The third kappa shape index (κ3) is 6.94. The maximum Gasteiger partial charge on any atom is 0.410 e. The minimum atomic E-state index is -0.470. The number of carbonyl (C=O) groups excluding carboxylic acids is 1. The zero-order valence-corrected chi connectivity index (χ0v) is 14.4. The molecule has 1 amide bonds. The van der Waals surface area contributed by atoms with Crippen molar-refractivity contribution in [3.8, 4) is 0 Å². The number of aliphatic hydroxyl groups excluding tert-OH is 1. The number of aliphatic hydroxyl groups is 1. The lowest BCUT2D eigenvalue weighted by Crippen LogP contribution is -2.52. The van der Waals surface area contributed by atoms with Crippen molar-refractivity contribution < 1.29 is 19.4 Å². The quantitative estimate of drug-likeness (QED) is 0.749. The molecular formula is C16H32N2O4. The van der Waals surface area contributed by atoms with Gasteiger partial charge in [0.15, 0.2) is 0 Å². The van der Waals surface area contributed by atoms with Crippen LogP contribution in [0.3, 0.4) is 0 Å². The van der Waals surface area contributed by atoms with Gasteiger partial charge >= 0.3 is 6.09 Å². The fourth-order valence-electron chi connectivity index (χ4n) is 2.68. The van der Waals surface area contributed by atoms with E-state index in [4.69, 9.17) is 14.6 Å². The summed E-state index contributed by atoms with van der Waals surface area (Å²) < 4.78 is 10.7. The topological polar surface area (TPSA) is 71.0 Å². The van der Waals surface area contributed by atoms with Gasteiger partial charge in [-0.25, -0.2) is 4.79 Å². The van der Waals surface area contributed by atoms with Crippen LogP contribution in [0.5, 0.6) is 0 Å². The highest BCUT2D eigenvalue weighted by Gasteiger charge is 2.30. The number of likely N-dealkylation sites (tertiary alicyclic amines) is 1. The summed E-state index contributed by atoms with van der Waals surface area (Å²) in [7, 11) is 1.65. The summed E-state index contributed by atoms with van der Waals surface area (Å²) in [6.07, 6.45) is 3.54. The Bertz CT molecular complexity index is 325. The minimum Gasteiger partial charge on any atom is -0.444 e. The number of amides is 1. The van der Waals surface area contributed by atoms with Crippen LogP contribution in [0.15, 0.2) is 0 Å². The van der Waals surface area contributed by atoms with Crippen molar-refractivity contribution in [3.05, 3.63) is 0 Å². The first kappa shape index (κ1) is 19.2. The van der Waals surface area contributed by atoms with E-state index in [1.54, 1.807) is 7.11 Å². The molecule has 6 nitrogen and oxygen atoms in total. The summed E-state index contributed by atoms with van der Waals surface area (Å²) in [5.74, 6) is 0. The predicted octanol–water partition coefficient (Wildman–Crippen LogP) is 1.76. The van der Waals surface area contributed by atoms with Crippen LogP contribution < -0.4 is 5.32 Å². The number of methoxy groups -OCH3 is 1. The second-order valence-electron chi connectivity index (χ2n) is 6.90. The zero-order chi connectivity index (χ0) is 16.6. The van der Waals surface area contributed by atoms with E-state index in [1.807, 2.05) is 25.7 Å². The van der Waals surface area contributed by atoms with Gasteiger partial charge in [0.25, 0.3) is 0 Å². The normalized spacial score (nSPS) is 20.8. The average molecular weight is 316 g/mol. The number of hydrogen-bond acceptors (Lipinski definition) is 5. The monoisotopic (exact) mass is 316 g/mol. The van der Waals surface area contributed by atoms with Crippen molar-refractivity contribution in [1.82, 2.24) is 10.2 Å². The van der Waals surface area contributed by atoms with Gasteiger partial charge in [0.05, 0.1) is 6.61 Å². The molecule has 2 atom stereocenters. The van der Waals surface area contributed by atoms with Crippen molar-refractivity contribution >= 4 is 6.09 Å². The molecule has 0 radical (unpaired) electrons. The van der Waals surface area contributed by atoms with Gasteiger partial charge in [0.1, 0.15) is 5.60 Å². The first-order chi connectivity index (χ1) is 10.4.